The fraction of sp³-hybridized carbons (Fsp3) is 0.375. The van der Waals surface area contributed by atoms with Gasteiger partial charge in [0.2, 0.25) is 5.91 Å². The van der Waals surface area contributed by atoms with Gasteiger partial charge >= 0.3 is 5.97 Å². The van der Waals surface area contributed by atoms with Crippen LogP contribution < -0.4 is 10.5 Å². The maximum atomic E-state index is 13.4. The zero-order chi connectivity index (χ0) is 22.5. The summed E-state index contributed by atoms with van der Waals surface area (Å²) in [4.78, 5) is 39.6. The maximum absolute atomic E-state index is 13.4. The van der Waals surface area contributed by atoms with E-state index in [1.165, 1.54) is 0 Å². The molecule has 3 unspecified atom stereocenters. The molecule has 3 N–H and O–H groups in total. The number of fused-ring (bicyclic) bond motifs is 1. The summed E-state index contributed by atoms with van der Waals surface area (Å²) in [5.74, 6) is -2.09. The van der Waals surface area contributed by atoms with E-state index in [9.17, 15) is 19.5 Å². The summed E-state index contributed by atoms with van der Waals surface area (Å²) in [5, 5.41) is 9.85. The minimum atomic E-state index is -1.31. The van der Waals surface area contributed by atoms with Crippen molar-refractivity contribution in [3.05, 3.63) is 65.7 Å². The van der Waals surface area contributed by atoms with E-state index in [-0.39, 0.29) is 25.2 Å². The van der Waals surface area contributed by atoms with Gasteiger partial charge in [0.15, 0.2) is 6.10 Å². The highest BCUT2D eigenvalue weighted by Crippen LogP contribution is 2.30. The lowest BCUT2D eigenvalue weighted by molar-refractivity contribution is -0.162. The molecule has 0 bridgehead atoms. The molecular weight excluding hydrogens is 396 g/mol. The van der Waals surface area contributed by atoms with Crippen molar-refractivity contribution in [2.45, 2.75) is 51.3 Å². The number of aliphatic carboxylic acids is 1. The molecule has 7 heteroatoms. The van der Waals surface area contributed by atoms with Crippen molar-refractivity contribution < 1.29 is 24.2 Å². The number of carbonyl (C=O) groups excluding carboxylic acids is 2. The van der Waals surface area contributed by atoms with E-state index < -0.39 is 36.0 Å². The molecule has 0 aliphatic carbocycles. The summed E-state index contributed by atoms with van der Waals surface area (Å²) in [6.45, 7) is 3.68. The third-order valence-electron chi connectivity index (χ3n) is 5.30. The summed E-state index contributed by atoms with van der Waals surface area (Å²) >= 11 is 0. The fourth-order valence-electron chi connectivity index (χ4n) is 3.79. The van der Waals surface area contributed by atoms with Gasteiger partial charge in [0, 0.05) is 6.42 Å². The van der Waals surface area contributed by atoms with E-state index in [2.05, 4.69) is 0 Å². The zero-order valence-electron chi connectivity index (χ0n) is 17.7. The molecule has 1 heterocycles. The van der Waals surface area contributed by atoms with E-state index in [0.717, 1.165) is 16.0 Å². The predicted molar refractivity (Wildman–Crippen MR) is 115 cm³/mol. The van der Waals surface area contributed by atoms with E-state index in [1.54, 1.807) is 12.1 Å². The van der Waals surface area contributed by atoms with Crippen molar-refractivity contribution in [1.82, 2.24) is 4.90 Å². The number of carbonyl (C=O) groups is 3. The molecule has 164 valence electrons. The number of benzene rings is 2. The Balaban J connectivity index is 1.87. The molecule has 7 nitrogen and oxygen atoms in total. The van der Waals surface area contributed by atoms with Crippen molar-refractivity contribution in [3.8, 4) is 5.75 Å². The third-order valence-corrected chi connectivity index (χ3v) is 5.30. The van der Waals surface area contributed by atoms with Gasteiger partial charge in [0.05, 0.1) is 6.04 Å². The number of hydrogen-bond donors (Lipinski definition) is 2. The van der Waals surface area contributed by atoms with Crippen LogP contribution in [0.4, 0.5) is 0 Å². The zero-order valence-corrected chi connectivity index (χ0v) is 17.7. The molecule has 0 saturated carbocycles. The van der Waals surface area contributed by atoms with E-state index in [1.807, 2.05) is 56.3 Å². The fourth-order valence-corrected chi connectivity index (χ4v) is 3.79. The van der Waals surface area contributed by atoms with Crippen molar-refractivity contribution in [2.75, 3.05) is 0 Å². The molecule has 31 heavy (non-hydrogen) atoms. The van der Waals surface area contributed by atoms with Crippen LogP contribution in [0.1, 0.15) is 31.4 Å². The Morgan fingerprint density at radius 2 is 1.74 bits per heavy atom. The second kappa shape index (κ2) is 9.75. The van der Waals surface area contributed by atoms with Crippen molar-refractivity contribution in [1.29, 1.82) is 0 Å². The molecule has 0 aromatic heterocycles. The Bertz CT molecular complexity index is 919. The molecule has 2 aromatic rings. The Kier molecular flexibility index (Phi) is 7.07. The molecule has 3 rings (SSSR count). The highest BCUT2D eigenvalue weighted by atomic mass is 16.5. The molecule has 3 atom stereocenters. The van der Waals surface area contributed by atoms with Crippen LogP contribution in [0.25, 0.3) is 0 Å². The molecule has 2 aromatic carbocycles. The first kappa shape index (κ1) is 22.5. The monoisotopic (exact) mass is 424 g/mol. The van der Waals surface area contributed by atoms with Crippen LogP contribution >= 0.6 is 0 Å². The minimum Gasteiger partial charge on any atom is -0.480 e. The molecule has 2 amide bonds. The van der Waals surface area contributed by atoms with Crippen LogP contribution in [0.15, 0.2) is 54.6 Å². The molecular formula is C24H28N2O5. The van der Waals surface area contributed by atoms with E-state index in [0.29, 0.717) is 5.75 Å². The predicted octanol–water partition coefficient (Wildman–Crippen LogP) is 2.41. The normalized spacial score (nSPS) is 16.8. The number of ether oxygens (including phenoxy) is 1. The summed E-state index contributed by atoms with van der Waals surface area (Å²) < 4.78 is 5.76. The smallest absolute Gasteiger partial charge is 0.326 e. The van der Waals surface area contributed by atoms with Gasteiger partial charge in [-0.1, -0.05) is 62.4 Å². The van der Waals surface area contributed by atoms with E-state index in [4.69, 9.17) is 10.5 Å². The van der Waals surface area contributed by atoms with Gasteiger partial charge in [0.25, 0.3) is 5.91 Å². The van der Waals surface area contributed by atoms with Gasteiger partial charge in [-0.05, 0) is 36.0 Å². The lowest BCUT2D eigenvalue weighted by Crippen LogP contribution is -2.58. The van der Waals surface area contributed by atoms with Gasteiger partial charge < -0.3 is 15.6 Å². The van der Waals surface area contributed by atoms with Crippen molar-refractivity contribution in [2.24, 2.45) is 11.7 Å². The average Bonchev–Trinajstić information content (AvgIpc) is 3.17. The van der Waals surface area contributed by atoms with Crippen LogP contribution in [0.2, 0.25) is 0 Å². The van der Waals surface area contributed by atoms with Crippen LogP contribution in [-0.4, -0.2) is 46.0 Å². The third kappa shape index (κ3) is 5.30. The minimum absolute atomic E-state index is 0.0451. The molecule has 1 aliphatic heterocycles. The topological polar surface area (TPSA) is 110 Å². The Morgan fingerprint density at radius 1 is 1.10 bits per heavy atom. The number of nitrogens with zero attached hydrogens (tertiary/aromatic N) is 1. The number of carboxylic acid groups (broad SMARTS) is 1. The lowest BCUT2D eigenvalue weighted by atomic mass is 9.98. The number of imide groups is 1. The molecule has 1 aliphatic rings. The van der Waals surface area contributed by atoms with Gasteiger partial charge in [-0.2, -0.15) is 0 Å². The van der Waals surface area contributed by atoms with Crippen LogP contribution in [0, 0.1) is 5.92 Å². The number of hydrogen-bond acceptors (Lipinski definition) is 5. The first-order valence-electron chi connectivity index (χ1n) is 10.4. The van der Waals surface area contributed by atoms with E-state index >= 15 is 0 Å². The summed E-state index contributed by atoms with van der Waals surface area (Å²) in [5.41, 5.74) is 7.84. The first-order chi connectivity index (χ1) is 14.8. The van der Waals surface area contributed by atoms with Crippen LogP contribution in [0.5, 0.6) is 5.75 Å². The van der Waals surface area contributed by atoms with Gasteiger partial charge in [-0.25, -0.2) is 4.79 Å². The second-order valence-corrected chi connectivity index (χ2v) is 8.24. The summed E-state index contributed by atoms with van der Waals surface area (Å²) in [6, 6.07) is 14.0. The number of carboxylic acids is 1. The SMILES string of the molecule is CC(C)CC(C(=O)O)N(C(=O)C(N)Cc1ccccc1)C(=O)C1Cc2ccccc2O1. The quantitative estimate of drug-likeness (QED) is 0.673. The van der Waals surface area contributed by atoms with Crippen LogP contribution in [0.3, 0.4) is 0 Å². The number of nitrogens with two attached hydrogens (primary N) is 1. The van der Waals surface area contributed by atoms with Crippen molar-refractivity contribution >= 4 is 17.8 Å². The highest BCUT2D eigenvalue weighted by Gasteiger charge is 2.42. The number of para-hydroxylation sites is 1. The largest absolute Gasteiger partial charge is 0.480 e. The lowest BCUT2D eigenvalue weighted by Gasteiger charge is -2.32. The summed E-state index contributed by atoms with van der Waals surface area (Å²) in [7, 11) is 0. The Hall–Kier alpha value is -3.19. The molecule has 0 saturated heterocycles. The van der Waals surface area contributed by atoms with Crippen molar-refractivity contribution in [3.63, 3.8) is 0 Å². The highest BCUT2D eigenvalue weighted by molar-refractivity contribution is 6.03. The molecule has 0 radical (unpaired) electrons. The average molecular weight is 424 g/mol. The molecule has 0 spiro atoms. The Morgan fingerprint density at radius 3 is 2.35 bits per heavy atom. The molecule has 0 fully saturated rings. The van der Waals surface area contributed by atoms with Gasteiger partial charge in [0.1, 0.15) is 11.8 Å². The van der Waals surface area contributed by atoms with Gasteiger partial charge in [-0.15, -0.1) is 0 Å². The summed E-state index contributed by atoms with van der Waals surface area (Å²) in [6.07, 6.45) is -0.353. The number of rotatable bonds is 8. The first-order valence-corrected chi connectivity index (χ1v) is 10.4. The van der Waals surface area contributed by atoms with Gasteiger partial charge in [-0.3, -0.25) is 14.5 Å². The standard InChI is InChI=1S/C24H28N2O5/c1-15(2)12-19(24(29)30)26(22(27)18(25)13-16-8-4-3-5-9-16)23(28)21-14-17-10-6-7-11-20(17)31-21/h3-11,15,18-19,21H,12-14,25H2,1-2H3,(H,29,30). The second-order valence-electron chi connectivity index (χ2n) is 8.24. The Labute approximate surface area is 181 Å². The maximum Gasteiger partial charge on any atom is 0.326 e. The number of amides is 2. The van der Waals surface area contributed by atoms with Crippen LogP contribution in [-0.2, 0) is 27.2 Å².